The smallest absolute Gasteiger partial charge is 0.180 e. The van der Waals surface area contributed by atoms with Gasteiger partial charge in [0, 0.05) is 11.1 Å². The summed E-state index contributed by atoms with van der Waals surface area (Å²) in [5.41, 5.74) is 11.1. The summed E-state index contributed by atoms with van der Waals surface area (Å²) in [6.07, 6.45) is 0. The van der Waals surface area contributed by atoms with Crippen molar-refractivity contribution >= 4 is 33.4 Å². The highest BCUT2D eigenvalue weighted by atomic mass is 32.2. The second-order valence-corrected chi connectivity index (χ2v) is 3.60. The molecular weight excluding hydrogens is 180 g/mol. The number of rotatable bonds is 2. The minimum atomic E-state index is 0.0287. The fraction of sp³-hybridized carbons (Fsp3) is 0.200. The lowest BCUT2D eigenvalue weighted by molar-refractivity contribution is 1.24. The normalized spacial score (nSPS) is 11.1. The first kappa shape index (κ1) is 6.93. The number of hydrogen-bond acceptors (Lipinski definition) is 5. The molecule has 60 valence electrons. The molecule has 1 aromatic rings. The zero-order chi connectivity index (χ0) is 9.14. The van der Waals surface area contributed by atoms with Crippen LogP contribution < -0.4 is 11.5 Å². The van der Waals surface area contributed by atoms with Crippen LogP contribution in [0.3, 0.4) is 0 Å². The molecule has 0 unspecified atom stereocenters. The minimum absolute atomic E-state index is 0.0287. The maximum atomic E-state index is 7.39. The zero-order valence-corrected chi connectivity index (χ0v) is 7.26. The van der Waals surface area contributed by atoms with Gasteiger partial charge in [-0.1, -0.05) is 11.8 Å². The number of amidine groups is 1. The molecular formula is C5H8N4S2. The van der Waals surface area contributed by atoms with Gasteiger partial charge in [0.1, 0.15) is 0 Å². The van der Waals surface area contributed by atoms with Crippen LogP contribution in [0.25, 0.3) is 0 Å². The Labute approximate surface area is 73.9 Å². The first-order valence-corrected chi connectivity index (χ1v) is 4.58. The van der Waals surface area contributed by atoms with Crippen molar-refractivity contribution < 1.29 is 1.37 Å². The lowest BCUT2D eigenvalue weighted by Gasteiger charge is -1.92. The Bertz CT molecular complexity index is 298. The summed E-state index contributed by atoms with van der Waals surface area (Å²) in [4.78, 5) is 3.92. The second-order valence-electron chi connectivity index (χ2n) is 1.75. The number of nitrogens with one attached hydrogen (secondary N) is 1. The highest BCUT2D eigenvalue weighted by Crippen LogP contribution is 2.16. The van der Waals surface area contributed by atoms with Crippen LogP contribution in [0.1, 0.15) is 7.06 Å². The average Bonchev–Trinajstić information content (AvgIpc) is 2.26. The van der Waals surface area contributed by atoms with Crippen LogP contribution in [-0.2, 0) is 5.75 Å². The summed E-state index contributed by atoms with van der Waals surface area (Å²) in [6.45, 7) is 0. The molecule has 0 atom stereocenters. The maximum absolute atomic E-state index is 7.39. The highest BCUT2D eigenvalue weighted by Gasteiger charge is 1.99. The molecule has 0 amide bonds. The van der Waals surface area contributed by atoms with E-state index in [9.17, 15) is 0 Å². The summed E-state index contributed by atoms with van der Waals surface area (Å²) >= 11 is 2.27. The van der Waals surface area contributed by atoms with E-state index in [0.717, 1.165) is 23.1 Å². The topological polar surface area (TPSA) is 88.8 Å². The van der Waals surface area contributed by atoms with Gasteiger partial charge < -0.3 is 11.5 Å². The second kappa shape index (κ2) is 3.59. The van der Waals surface area contributed by atoms with Crippen molar-refractivity contribution in [2.24, 2.45) is 5.73 Å². The number of thioether (sulfide) groups is 1. The van der Waals surface area contributed by atoms with E-state index in [1.165, 1.54) is 0 Å². The lowest BCUT2D eigenvalue weighted by Crippen LogP contribution is -2.03. The monoisotopic (exact) mass is 189 g/mol. The molecule has 0 fully saturated rings. The summed E-state index contributed by atoms with van der Waals surface area (Å²) in [6, 6.07) is 0. The van der Waals surface area contributed by atoms with E-state index in [4.69, 9.17) is 18.2 Å². The van der Waals surface area contributed by atoms with E-state index in [0.29, 0.717) is 21.9 Å². The SMILES string of the molecule is [2H]c1sc(N)nc1CSC(=N)N. The van der Waals surface area contributed by atoms with Crippen molar-refractivity contribution in [1.29, 1.82) is 5.41 Å². The Morgan fingerprint density at radius 3 is 3.18 bits per heavy atom. The van der Waals surface area contributed by atoms with Gasteiger partial charge in [-0.2, -0.15) is 0 Å². The standard InChI is InChI=1S/C5H8N4S2/c6-4(7)10-1-3-2-11-5(8)9-3/h2H,1H2,(H3,6,7)(H2,8,9)/i2D. The van der Waals surface area contributed by atoms with Crippen LogP contribution in [0.4, 0.5) is 5.13 Å². The number of aromatic nitrogens is 1. The lowest BCUT2D eigenvalue weighted by atomic mass is 10.6. The molecule has 11 heavy (non-hydrogen) atoms. The molecule has 0 radical (unpaired) electrons. The molecule has 6 heteroatoms. The van der Waals surface area contributed by atoms with Crippen LogP contribution in [0.5, 0.6) is 0 Å². The van der Waals surface area contributed by atoms with Crippen molar-refractivity contribution in [3.8, 4) is 0 Å². The predicted octanol–water partition coefficient (Wildman–Crippen LogP) is 0.852. The van der Waals surface area contributed by atoms with Gasteiger partial charge in [-0.15, -0.1) is 11.3 Å². The maximum Gasteiger partial charge on any atom is 0.180 e. The third-order valence-electron chi connectivity index (χ3n) is 0.883. The minimum Gasteiger partial charge on any atom is -0.379 e. The van der Waals surface area contributed by atoms with Crippen molar-refractivity contribution in [2.75, 3.05) is 5.73 Å². The first-order valence-electron chi connectivity index (χ1n) is 3.28. The van der Waals surface area contributed by atoms with E-state index in [1.54, 1.807) is 0 Å². The third kappa shape index (κ3) is 2.77. The van der Waals surface area contributed by atoms with Gasteiger partial charge in [-0.05, 0) is 0 Å². The Morgan fingerprint density at radius 2 is 2.73 bits per heavy atom. The van der Waals surface area contributed by atoms with Crippen molar-refractivity contribution in [3.05, 3.63) is 11.1 Å². The van der Waals surface area contributed by atoms with Crippen LogP contribution in [0.15, 0.2) is 5.36 Å². The molecule has 0 spiro atoms. The van der Waals surface area contributed by atoms with Crippen LogP contribution >= 0.6 is 23.1 Å². The number of nitrogens with zero attached hydrogens (tertiary/aromatic N) is 1. The fourth-order valence-corrected chi connectivity index (χ4v) is 1.51. The van der Waals surface area contributed by atoms with Crippen LogP contribution in [0.2, 0.25) is 0 Å². The Morgan fingerprint density at radius 1 is 2.00 bits per heavy atom. The van der Waals surface area contributed by atoms with Gasteiger partial charge in [0.25, 0.3) is 0 Å². The molecule has 0 bridgehead atoms. The molecule has 0 aliphatic rings. The van der Waals surface area contributed by atoms with E-state index in [-0.39, 0.29) is 5.17 Å². The van der Waals surface area contributed by atoms with Crippen molar-refractivity contribution in [2.45, 2.75) is 5.75 Å². The Hall–Kier alpha value is -0.750. The van der Waals surface area contributed by atoms with Crippen LogP contribution in [-0.4, -0.2) is 10.2 Å². The van der Waals surface area contributed by atoms with Gasteiger partial charge in [-0.25, -0.2) is 4.98 Å². The quantitative estimate of drug-likeness (QED) is 0.475. The molecule has 0 aromatic carbocycles. The van der Waals surface area contributed by atoms with Crippen molar-refractivity contribution in [3.63, 3.8) is 0 Å². The van der Waals surface area contributed by atoms with Crippen LogP contribution in [0, 0.1) is 5.41 Å². The van der Waals surface area contributed by atoms with Gasteiger partial charge in [0.2, 0.25) is 0 Å². The summed E-state index contributed by atoms with van der Waals surface area (Å²) < 4.78 is 7.39. The molecule has 0 saturated heterocycles. The number of thiazole rings is 1. The van der Waals surface area contributed by atoms with Gasteiger partial charge in [0.05, 0.1) is 7.06 Å². The van der Waals surface area contributed by atoms with Gasteiger partial charge >= 0.3 is 0 Å². The molecule has 0 aliphatic heterocycles. The van der Waals surface area contributed by atoms with E-state index in [2.05, 4.69) is 4.98 Å². The molecule has 1 rings (SSSR count). The predicted molar refractivity (Wildman–Crippen MR) is 49.7 cm³/mol. The van der Waals surface area contributed by atoms with E-state index in [1.807, 2.05) is 0 Å². The largest absolute Gasteiger partial charge is 0.379 e. The van der Waals surface area contributed by atoms with Gasteiger partial charge in [0.15, 0.2) is 10.3 Å². The summed E-state index contributed by atoms with van der Waals surface area (Å²) in [7, 11) is 0. The average molecular weight is 189 g/mol. The molecule has 4 nitrogen and oxygen atoms in total. The number of nitrogen functional groups attached to an aromatic ring is 1. The molecule has 1 heterocycles. The van der Waals surface area contributed by atoms with Crippen molar-refractivity contribution in [1.82, 2.24) is 4.98 Å². The number of nitrogens with two attached hydrogens (primary N) is 2. The Balaban J connectivity index is 2.62. The Kier molecular flexibility index (Phi) is 2.26. The first-order chi connectivity index (χ1) is 5.59. The van der Waals surface area contributed by atoms with E-state index < -0.39 is 0 Å². The zero-order valence-electron chi connectivity index (χ0n) is 6.63. The molecule has 1 aromatic heterocycles. The molecule has 0 saturated carbocycles. The fourth-order valence-electron chi connectivity index (χ4n) is 0.498. The summed E-state index contributed by atoms with van der Waals surface area (Å²) in [5, 5.41) is 7.71. The highest BCUT2D eigenvalue weighted by molar-refractivity contribution is 8.13. The summed E-state index contributed by atoms with van der Waals surface area (Å²) in [5.74, 6) is 0.446. The third-order valence-corrected chi connectivity index (χ3v) is 2.25. The van der Waals surface area contributed by atoms with Gasteiger partial charge in [-0.3, -0.25) is 5.41 Å². The van der Waals surface area contributed by atoms with E-state index >= 15 is 0 Å². The molecule has 5 N–H and O–H groups in total. The number of anilines is 1. The molecule has 0 aliphatic carbocycles. The number of hydrogen-bond donors (Lipinski definition) is 3.